The van der Waals surface area contributed by atoms with E-state index in [1.165, 1.54) is 18.0 Å². The molecule has 0 aliphatic heterocycles. The molecule has 0 aliphatic carbocycles. The van der Waals surface area contributed by atoms with E-state index in [4.69, 9.17) is 4.74 Å². The van der Waals surface area contributed by atoms with E-state index in [0.717, 1.165) is 10.5 Å². The van der Waals surface area contributed by atoms with Crippen LogP contribution in [0.2, 0.25) is 0 Å². The summed E-state index contributed by atoms with van der Waals surface area (Å²) in [5, 5.41) is 14.6. The molecule has 0 spiro atoms. The largest absolute Gasteiger partial charge is 0.618 e. The average Bonchev–Trinajstić information content (AvgIpc) is 2.66. The first-order valence-electron chi connectivity index (χ1n) is 8.10. The van der Waals surface area contributed by atoms with Gasteiger partial charge in [-0.15, -0.1) is 0 Å². The fourth-order valence-electron chi connectivity index (χ4n) is 2.21. The van der Waals surface area contributed by atoms with Crippen LogP contribution < -0.4 is 14.8 Å². The Morgan fingerprint density at radius 2 is 1.65 bits per heavy atom. The number of carbonyl (C=O) groups is 1. The fraction of sp³-hybridized carbons (Fsp3) is 0.100. The Labute approximate surface area is 156 Å². The number of thioether (sulfide) groups is 1. The lowest BCUT2D eigenvalue weighted by molar-refractivity contribution is -0.645. The van der Waals surface area contributed by atoms with Crippen molar-refractivity contribution in [2.75, 3.05) is 5.32 Å². The van der Waals surface area contributed by atoms with E-state index in [0.29, 0.717) is 16.5 Å². The summed E-state index contributed by atoms with van der Waals surface area (Å²) < 4.78 is 6.48. The van der Waals surface area contributed by atoms with E-state index in [1.54, 1.807) is 49.4 Å². The Kier molecular flexibility index (Phi) is 5.76. The Bertz CT molecular complexity index is 870. The number of hydrogen-bond acceptors (Lipinski definition) is 4. The number of nitrogens with zero attached hydrogens (tertiary/aromatic N) is 1. The molecule has 3 rings (SSSR count). The molecule has 1 aromatic heterocycles. The predicted octanol–water partition coefficient (Wildman–Crippen LogP) is 4.23. The molecule has 0 saturated carbocycles. The number of rotatable bonds is 6. The molecule has 26 heavy (non-hydrogen) atoms. The minimum Gasteiger partial charge on any atom is -0.618 e. The summed E-state index contributed by atoms with van der Waals surface area (Å²) in [7, 11) is 0. The van der Waals surface area contributed by atoms with Crippen LogP contribution in [0.5, 0.6) is 11.5 Å². The monoisotopic (exact) mass is 366 g/mol. The minimum absolute atomic E-state index is 0.171. The highest BCUT2D eigenvalue weighted by atomic mass is 32.2. The molecule has 132 valence electrons. The summed E-state index contributed by atoms with van der Waals surface area (Å²) in [6.45, 7) is 1.76. The van der Waals surface area contributed by atoms with Gasteiger partial charge in [0, 0.05) is 17.8 Å². The summed E-state index contributed by atoms with van der Waals surface area (Å²) >= 11 is 1.22. The molecule has 0 radical (unpaired) electrons. The Balaban J connectivity index is 1.58. The molecule has 0 aliphatic rings. The number of amides is 1. The first-order valence-corrected chi connectivity index (χ1v) is 8.98. The molecule has 1 N–H and O–H groups in total. The Hall–Kier alpha value is -2.99. The number of carbonyl (C=O) groups excluding carboxylic acids is 1. The standard InChI is InChI=1S/C20H18N2O3S/c1-15(26-19-9-5-6-14-22(19)24)20(23)21-16-10-12-18(13-11-16)25-17-7-3-2-4-8-17/h2-15H,1H3,(H,21,23)/t15-/m0/s1. The van der Waals surface area contributed by atoms with Crippen molar-refractivity contribution < 1.29 is 14.3 Å². The molecule has 5 nitrogen and oxygen atoms in total. The van der Waals surface area contributed by atoms with Gasteiger partial charge in [0.1, 0.15) is 11.5 Å². The highest BCUT2D eigenvalue weighted by molar-refractivity contribution is 8.00. The molecule has 6 heteroatoms. The highest BCUT2D eigenvalue weighted by Crippen LogP contribution is 2.24. The SMILES string of the molecule is C[C@H](Sc1cccc[n+]1[O-])C(=O)Nc1ccc(Oc2ccccc2)cc1. The van der Waals surface area contributed by atoms with Crippen molar-refractivity contribution in [2.24, 2.45) is 0 Å². The molecular formula is C20H18N2O3S. The van der Waals surface area contributed by atoms with Crippen molar-refractivity contribution >= 4 is 23.4 Å². The molecular weight excluding hydrogens is 348 g/mol. The third-order valence-electron chi connectivity index (χ3n) is 3.56. The van der Waals surface area contributed by atoms with Gasteiger partial charge in [0.05, 0.1) is 5.25 Å². The van der Waals surface area contributed by atoms with Crippen LogP contribution in [0.15, 0.2) is 84.0 Å². The maximum Gasteiger partial charge on any atom is 0.252 e. The average molecular weight is 366 g/mol. The van der Waals surface area contributed by atoms with E-state index < -0.39 is 5.25 Å². The number of ether oxygens (including phenoxy) is 1. The van der Waals surface area contributed by atoms with E-state index in [-0.39, 0.29) is 5.91 Å². The van der Waals surface area contributed by atoms with Crippen molar-refractivity contribution in [1.82, 2.24) is 0 Å². The van der Waals surface area contributed by atoms with E-state index >= 15 is 0 Å². The van der Waals surface area contributed by atoms with Gasteiger partial charge in [-0.05, 0) is 61.2 Å². The number of hydrogen-bond donors (Lipinski definition) is 1. The van der Waals surface area contributed by atoms with Gasteiger partial charge in [0.25, 0.3) is 5.03 Å². The van der Waals surface area contributed by atoms with Crippen molar-refractivity contribution in [1.29, 1.82) is 0 Å². The fourth-order valence-corrected chi connectivity index (χ4v) is 3.06. The zero-order valence-corrected chi connectivity index (χ0v) is 15.0. The summed E-state index contributed by atoms with van der Waals surface area (Å²) in [6.07, 6.45) is 1.42. The van der Waals surface area contributed by atoms with Crippen LogP contribution in [0.25, 0.3) is 0 Å². The quantitative estimate of drug-likeness (QED) is 0.403. The molecule has 0 bridgehead atoms. The van der Waals surface area contributed by atoms with Crippen LogP contribution in [0, 0.1) is 5.21 Å². The molecule has 0 fully saturated rings. The van der Waals surface area contributed by atoms with Gasteiger partial charge in [-0.2, -0.15) is 4.73 Å². The first kappa shape index (κ1) is 17.8. The van der Waals surface area contributed by atoms with Crippen LogP contribution in [0.4, 0.5) is 5.69 Å². The number of benzene rings is 2. The van der Waals surface area contributed by atoms with Gasteiger partial charge in [-0.1, -0.05) is 18.2 Å². The van der Waals surface area contributed by atoms with E-state index in [1.807, 2.05) is 30.3 Å². The molecule has 0 saturated heterocycles. The number of anilines is 1. The number of nitrogens with one attached hydrogen (secondary N) is 1. The second-order valence-corrected chi connectivity index (χ2v) is 6.91. The molecule has 2 aromatic carbocycles. The van der Waals surface area contributed by atoms with Gasteiger partial charge in [0.15, 0.2) is 6.20 Å². The van der Waals surface area contributed by atoms with Crippen LogP contribution in [-0.2, 0) is 4.79 Å². The molecule has 3 aromatic rings. The number of aromatic nitrogens is 1. The second kappa shape index (κ2) is 8.40. The van der Waals surface area contributed by atoms with Crippen LogP contribution >= 0.6 is 11.8 Å². The van der Waals surface area contributed by atoms with Crippen LogP contribution in [0.1, 0.15) is 6.92 Å². The maximum absolute atomic E-state index is 12.3. The zero-order valence-electron chi connectivity index (χ0n) is 14.2. The van der Waals surface area contributed by atoms with Crippen LogP contribution in [0.3, 0.4) is 0 Å². The molecule has 1 atom stereocenters. The Morgan fingerprint density at radius 1 is 1.00 bits per heavy atom. The van der Waals surface area contributed by atoms with Crippen molar-refractivity contribution in [2.45, 2.75) is 17.2 Å². The topological polar surface area (TPSA) is 65.3 Å². The number of para-hydroxylation sites is 1. The zero-order chi connectivity index (χ0) is 18.4. The summed E-state index contributed by atoms with van der Waals surface area (Å²) in [5.41, 5.74) is 0.672. The maximum atomic E-state index is 12.3. The lowest BCUT2D eigenvalue weighted by Crippen LogP contribution is -2.30. The second-order valence-electron chi connectivity index (χ2n) is 5.55. The van der Waals surface area contributed by atoms with Crippen LogP contribution in [-0.4, -0.2) is 11.2 Å². The third kappa shape index (κ3) is 4.77. The predicted molar refractivity (Wildman–Crippen MR) is 102 cm³/mol. The Morgan fingerprint density at radius 3 is 2.35 bits per heavy atom. The normalized spacial score (nSPS) is 11.6. The highest BCUT2D eigenvalue weighted by Gasteiger charge is 2.18. The number of pyridine rings is 1. The van der Waals surface area contributed by atoms with Gasteiger partial charge < -0.3 is 15.3 Å². The summed E-state index contributed by atoms with van der Waals surface area (Å²) in [4.78, 5) is 12.3. The third-order valence-corrected chi connectivity index (χ3v) is 4.68. The smallest absolute Gasteiger partial charge is 0.252 e. The van der Waals surface area contributed by atoms with Gasteiger partial charge in [-0.25, -0.2) is 0 Å². The van der Waals surface area contributed by atoms with Gasteiger partial charge in [0.2, 0.25) is 5.91 Å². The first-order chi connectivity index (χ1) is 12.6. The molecule has 0 unspecified atom stereocenters. The van der Waals surface area contributed by atoms with E-state index in [9.17, 15) is 10.0 Å². The lowest BCUT2D eigenvalue weighted by atomic mass is 10.3. The van der Waals surface area contributed by atoms with Crippen molar-refractivity contribution in [3.63, 3.8) is 0 Å². The van der Waals surface area contributed by atoms with E-state index in [2.05, 4.69) is 5.32 Å². The molecule has 1 amide bonds. The van der Waals surface area contributed by atoms with Gasteiger partial charge >= 0.3 is 0 Å². The van der Waals surface area contributed by atoms with Gasteiger partial charge in [-0.3, -0.25) is 4.79 Å². The molecule has 1 heterocycles. The van der Waals surface area contributed by atoms with Crippen molar-refractivity contribution in [3.8, 4) is 11.5 Å². The van der Waals surface area contributed by atoms with Crippen molar-refractivity contribution in [3.05, 3.63) is 84.2 Å². The summed E-state index contributed by atoms with van der Waals surface area (Å²) in [5.74, 6) is 1.27. The minimum atomic E-state index is -0.405. The summed E-state index contributed by atoms with van der Waals surface area (Å²) in [6, 6.07) is 21.8. The lowest BCUT2D eigenvalue weighted by Gasteiger charge is -2.12.